The zero-order valence-electron chi connectivity index (χ0n) is 10.8. The fourth-order valence-corrected chi connectivity index (χ4v) is 2.42. The number of nitrogens with zero attached hydrogens (tertiary/aromatic N) is 3. The van der Waals surface area contributed by atoms with Crippen molar-refractivity contribution in [1.82, 2.24) is 19.9 Å². The predicted octanol–water partition coefficient (Wildman–Crippen LogP) is 2.89. The molecule has 0 atom stereocenters. The van der Waals surface area contributed by atoms with Gasteiger partial charge >= 0.3 is 0 Å². The highest BCUT2D eigenvalue weighted by molar-refractivity contribution is 5.96. The summed E-state index contributed by atoms with van der Waals surface area (Å²) in [5.74, 6) is 0.528. The molecule has 102 valence electrons. The largest absolute Gasteiger partial charge is 0.368 e. The molecule has 0 unspecified atom stereocenters. The molecular formula is C15H10FN5. The number of rotatable bonds is 1. The van der Waals surface area contributed by atoms with Gasteiger partial charge in [0, 0.05) is 10.9 Å². The molecular weight excluding hydrogens is 269 g/mol. The molecule has 5 nitrogen and oxygen atoms in total. The Morgan fingerprint density at radius 2 is 1.81 bits per heavy atom. The number of hydrogen-bond donors (Lipinski definition) is 2. The molecule has 0 aliphatic rings. The molecule has 0 saturated heterocycles. The summed E-state index contributed by atoms with van der Waals surface area (Å²) >= 11 is 0. The first-order valence-corrected chi connectivity index (χ1v) is 6.38. The maximum absolute atomic E-state index is 13.9. The Morgan fingerprint density at radius 3 is 2.67 bits per heavy atom. The average molecular weight is 279 g/mol. The third kappa shape index (κ3) is 1.80. The summed E-state index contributed by atoms with van der Waals surface area (Å²) in [5, 5.41) is 1.35. The van der Waals surface area contributed by atoms with Gasteiger partial charge in [-0.1, -0.05) is 24.3 Å². The van der Waals surface area contributed by atoms with E-state index in [0.717, 1.165) is 10.9 Å². The molecule has 21 heavy (non-hydrogen) atoms. The number of halogens is 1. The van der Waals surface area contributed by atoms with Crippen LogP contribution in [0.3, 0.4) is 0 Å². The predicted molar refractivity (Wildman–Crippen MR) is 79.0 cm³/mol. The summed E-state index contributed by atoms with van der Waals surface area (Å²) in [7, 11) is 0. The van der Waals surface area contributed by atoms with Gasteiger partial charge < -0.3 is 10.7 Å². The van der Waals surface area contributed by atoms with Crippen molar-refractivity contribution in [2.45, 2.75) is 0 Å². The van der Waals surface area contributed by atoms with Crippen molar-refractivity contribution >= 4 is 27.9 Å². The first-order valence-electron chi connectivity index (χ1n) is 6.38. The van der Waals surface area contributed by atoms with Crippen molar-refractivity contribution in [3.63, 3.8) is 0 Å². The second-order valence-corrected chi connectivity index (χ2v) is 4.69. The smallest absolute Gasteiger partial charge is 0.222 e. The van der Waals surface area contributed by atoms with Gasteiger partial charge in [0.1, 0.15) is 17.2 Å². The molecule has 4 rings (SSSR count). The Bertz CT molecular complexity index is 976. The van der Waals surface area contributed by atoms with Crippen LogP contribution in [0.4, 0.5) is 10.3 Å². The minimum atomic E-state index is -0.255. The average Bonchev–Trinajstić information content (AvgIpc) is 2.90. The van der Waals surface area contributed by atoms with E-state index in [9.17, 15) is 4.39 Å². The fourth-order valence-electron chi connectivity index (χ4n) is 2.42. The highest BCUT2D eigenvalue weighted by Crippen LogP contribution is 2.29. The Balaban J connectivity index is 2.02. The number of hydrogen-bond acceptors (Lipinski definition) is 4. The lowest BCUT2D eigenvalue weighted by atomic mass is 10.0. The van der Waals surface area contributed by atoms with E-state index < -0.39 is 0 Å². The molecule has 2 aromatic heterocycles. The van der Waals surface area contributed by atoms with E-state index in [4.69, 9.17) is 5.73 Å². The third-order valence-electron chi connectivity index (χ3n) is 3.38. The molecule has 0 saturated carbocycles. The number of nitrogens with two attached hydrogens (primary N) is 1. The monoisotopic (exact) mass is 279 g/mol. The highest BCUT2D eigenvalue weighted by Gasteiger charge is 2.12. The van der Waals surface area contributed by atoms with Gasteiger partial charge in [-0.05, 0) is 17.5 Å². The van der Waals surface area contributed by atoms with Gasteiger partial charge in [0.25, 0.3) is 0 Å². The first kappa shape index (κ1) is 11.8. The number of benzene rings is 2. The van der Waals surface area contributed by atoms with Gasteiger partial charge in [-0.2, -0.15) is 4.98 Å². The van der Waals surface area contributed by atoms with Crippen LogP contribution in [-0.2, 0) is 0 Å². The lowest BCUT2D eigenvalue weighted by molar-refractivity contribution is 0.640. The van der Waals surface area contributed by atoms with E-state index in [1.807, 2.05) is 12.1 Å². The normalized spacial score (nSPS) is 11.3. The van der Waals surface area contributed by atoms with E-state index in [-0.39, 0.29) is 11.8 Å². The number of imidazole rings is 1. The lowest BCUT2D eigenvalue weighted by Gasteiger charge is -2.04. The minimum Gasteiger partial charge on any atom is -0.368 e. The van der Waals surface area contributed by atoms with Crippen LogP contribution in [0.15, 0.2) is 42.6 Å². The van der Waals surface area contributed by atoms with Crippen molar-refractivity contribution in [2.24, 2.45) is 0 Å². The van der Waals surface area contributed by atoms with Crippen molar-refractivity contribution in [2.75, 3.05) is 5.73 Å². The number of nitrogen functional groups attached to an aromatic ring is 1. The van der Waals surface area contributed by atoms with Gasteiger partial charge in [0.2, 0.25) is 5.95 Å². The minimum absolute atomic E-state index is 0.171. The second-order valence-electron chi connectivity index (χ2n) is 4.69. The van der Waals surface area contributed by atoms with Crippen LogP contribution in [-0.4, -0.2) is 19.9 Å². The Morgan fingerprint density at radius 1 is 1.00 bits per heavy atom. The maximum atomic E-state index is 13.9. The maximum Gasteiger partial charge on any atom is 0.222 e. The third-order valence-corrected chi connectivity index (χ3v) is 3.38. The van der Waals surface area contributed by atoms with Crippen LogP contribution in [0.2, 0.25) is 0 Å². The SMILES string of the molecule is Nc1ncc2[nH]c(-c3ccc(F)c4ccccc34)nc2n1. The summed E-state index contributed by atoms with van der Waals surface area (Å²) in [6.07, 6.45) is 1.58. The number of aromatic nitrogens is 4. The quantitative estimate of drug-likeness (QED) is 0.561. The molecule has 4 aromatic rings. The number of nitrogens with one attached hydrogen (secondary N) is 1. The summed E-state index contributed by atoms with van der Waals surface area (Å²) in [5.41, 5.74) is 7.54. The standard InChI is InChI=1S/C15H10FN5/c16-11-6-5-10(8-3-1-2-4-9(8)11)13-19-12-7-18-15(17)21-14(12)20-13/h1-7H,(H3,17,18,19,20,21). The molecule has 2 heterocycles. The van der Waals surface area contributed by atoms with Gasteiger partial charge in [0.05, 0.1) is 6.20 Å². The molecule has 6 heteroatoms. The zero-order chi connectivity index (χ0) is 14.4. The molecule has 0 aliphatic heterocycles. The van der Waals surface area contributed by atoms with Crippen molar-refractivity contribution in [3.05, 3.63) is 48.4 Å². The summed E-state index contributed by atoms with van der Waals surface area (Å²) in [6.45, 7) is 0. The van der Waals surface area contributed by atoms with Gasteiger partial charge in [-0.3, -0.25) is 0 Å². The Labute approximate surface area is 118 Å². The van der Waals surface area contributed by atoms with Crippen molar-refractivity contribution < 1.29 is 4.39 Å². The van der Waals surface area contributed by atoms with Crippen molar-refractivity contribution in [1.29, 1.82) is 0 Å². The second kappa shape index (κ2) is 4.24. The number of H-pyrrole nitrogens is 1. The summed E-state index contributed by atoms with van der Waals surface area (Å²) in [4.78, 5) is 15.5. The molecule has 0 spiro atoms. The van der Waals surface area contributed by atoms with E-state index in [2.05, 4.69) is 19.9 Å². The number of fused-ring (bicyclic) bond motifs is 2. The lowest BCUT2D eigenvalue weighted by Crippen LogP contribution is -1.93. The van der Waals surface area contributed by atoms with Gasteiger partial charge in [0.15, 0.2) is 5.65 Å². The Kier molecular flexibility index (Phi) is 2.38. The van der Waals surface area contributed by atoms with Crippen LogP contribution < -0.4 is 5.73 Å². The summed E-state index contributed by atoms with van der Waals surface area (Å²) in [6, 6.07) is 10.4. The van der Waals surface area contributed by atoms with E-state index in [1.165, 1.54) is 6.07 Å². The fraction of sp³-hybridized carbons (Fsp3) is 0. The van der Waals surface area contributed by atoms with Gasteiger partial charge in [-0.25, -0.2) is 14.4 Å². The van der Waals surface area contributed by atoms with Crippen LogP contribution >= 0.6 is 0 Å². The molecule has 0 amide bonds. The van der Waals surface area contributed by atoms with E-state index >= 15 is 0 Å². The zero-order valence-corrected chi connectivity index (χ0v) is 10.8. The molecule has 3 N–H and O–H groups in total. The van der Waals surface area contributed by atoms with Crippen LogP contribution in [0.1, 0.15) is 0 Å². The van der Waals surface area contributed by atoms with Crippen LogP contribution in [0, 0.1) is 5.82 Å². The molecule has 0 radical (unpaired) electrons. The van der Waals surface area contributed by atoms with Gasteiger partial charge in [-0.15, -0.1) is 0 Å². The Hall–Kier alpha value is -3.02. The topological polar surface area (TPSA) is 80.5 Å². The van der Waals surface area contributed by atoms with E-state index in [0.29, 0.717) is 22.4 Å². The van der Waals surface area contributed by atoms with E-state index in [1.54, 1.807) is 24.4 Å². The first-order chi connectivity index (χ1) is 10.2. The molecule has 0 bridgehead atoms. The molecule has 2 aromatic carbocycles. The summed E-state index contributed by atoms with van der Waals surface area (Å²) < 4.78 is 13.9. The highest BCUT2D eigenvalue weighted by atomic mass is 19.1. The van der Waals surface area contributed by atoms with Crippen LogP contribution in [0.25, 0.3) is 33.3 Å². The number of aromatic amines is 1. The molecule has 0 fully saturated rings. The van der Waals surface area contributed by atoms with Crippen molar-refractivity contribution in [3.8, 4) is 11.4 Å². The van der Waals surface area contributed by atoms with Crippen LogP contribution in [0.5, 0.6) is 0 Å². The number of anilines is 1. The molecule has 0 aliphatic carbocycles.